The molecule has 2 N–H and O–H groups in total. The zero-order valence-corrected chi connectivity index (χ0v) is 12.5. The van der Waals surface area contributed by atoms with Gasteiger partial charge in [-0.15, -0.1) is 0 Å². The van der Waals surface area contributed by atoms with Gasteiger partial charge < -0.3 is 20.3 Å². The summed E-state index contributed by atoms with van der Waals surface area (Å²) in [6, 6.07) is 9.18. The second kappa shape index (κ2) is 6.25. The monoisotopic (exact) mass is 303 g/mol. The van der Waals surface area contributed by atoms with Crippen LogP contribution in [0.25, 0.3) is 0 Å². The summed E-state index contributed by atoms with van der Waals surface area (Å²) in [6.07, 6.45) is 1.71. The minimum absolute atomic E-state index is 0.0576. The molecular weight excluding hydrogens is 282 g/mol. The molecule has 0 bridgehead atoms. The molecule has 2 fully saturated rings. The molecule has 0 spiro atoms. The highest BCUT2D eigenvalue weighted by Crippen LogP contribution is 2.23. The first-order valence-corrected chi connectivity index (χ1v) is 7.68. The smallest absolute Gasteiger partial charge is 0.314 e. The molecule has 6 nitrogen and oxygen atoms in total. The Kier molecular flexibility index (Phi) is 4.18. The third-order valence-corrected chi connectivity index (χ3v) is 4.29. The van der Waals surface area contributed by atoms with E-state index in [9.17, 15) is 9.59 Å². The Morgan fingerprint density at radius 1 is 1.09 bits per heavy atom. The number of hydrogen-bond donors (Lipinski definition) is 1. The Labute approximate surface area is 129 Å². The van der Waals surface area contributed by atoms with Crippen LogP contribution in [0.15, 0.2) is 30.3 Å². The molecule has 0 radical (unpaired) electrons. The van der Waals surface area contributed by atoms with Gasteiger partial charge in [0, 0.05) is 13.1 Å². The van der Waals surface area contributed by atoms with Crippen LogP contribution in [0.2, 0.25) is 0 Å². The van der Waals surface area contributed by atoms with Crippen molar-refractivity contribution in [3.8, 4) is 5.75 Å². The van der Waals surface area contributed by atoms with E-state index in [2.05, 4.69) is 0 Å². The number of ether oxygens (including phenoxy) is 1. The van der Waals surface area contributed by atoms with Gasteiger partial charge in [-0.25, -0.2) is 4.79 Å². The van der Waals surface area contributed by atoms with Crippen molar-refractivity contribution in [1.29, 1.82) is 0 Å². The molecule has 0 aliphatic carbocycles. The molecule has 2 heterocycles. The van der Waals surface area contributed by atoms with Crippen LogP contribution < -0.4 is 10.5 Å². The number of benzene rings is 1. The number of nitrogens with zero attached hydrogens (tertiary/aromatic N) is 2. The quantitative estimate of drug-likeness (QED) is 0.907. The molecule has 1 aromatic rings. The first-order valence-electron chi connectivity index (χ1n) is 7.68. The van der Waals surface area contributed by atoms with Gasteiger partial charge in [0.25, 0.3) is 0 Å². The minimum Gasteiger partial charge on any atom is -0.487 e. The molecule has 1 atom stereocenters. The maximum atomic E-state index is 12.4. The topological polar surface area (TPSA) is 75.9 Å². The lowest BCUT2D eigenvalue weighted by molar-refractivity contribution is -0.145. The fraction of sp³-hybridized carbons (Fsp3) is 0.500. The first kappa shape index (κ1) is 14.7. The highest BCUT2D eigenvalue weighted by Gasteiger charge is 2.37. The standard InChI is InChI=1S/C16H21N3O3/c17-16(21)18-8-4-5-12(9-18)15(20)19-10-14(11-19)22-13-6-2-1-3-7-13/h1-3,6-7,12,14H,4-5,8-11H2,(H2,17,21). The fourth-order valence-corrected chi connectivity index (χ4v) is 3.02. The van der Waals surface area contributed by atoms with E-state index < -0.39 is 6.03 Å². The number of hydrogen-bond acceptors (Lipinski definition) is 3. The third-order valence-electron chi connectivity index (χ3n) is 4.29. The molecule has 1 unspecified atom stereocenters. The summed E-state index contributed by atoms with van der Waals surface area (Å²) in [7, 11) is 0. The summed E-state index contributed by atoms with van der Waals surface area (Å²) in [5.74, 6) is 0.815. The van der Waals surface area contributed by atoms with E-state index in [1.807, 2.05) is 35.2 Å². The third kappa shape index (κ3) is 3.16. The van der Waals surface area contributed by atoms with Crippen LogP contribution in [0.1, 0.15) is 12.8 Å². The molecular formula is C16H21N3O3. The lowest BCUT2D eigenvalue weighted by Gasteiger charge is -2.42. The number of piperidine rings is 1. The lowest BCUT2D eigenvalue weighted by atomic mass is 9.95. The average Bonchev–Trinajstić information content (AvgIpc) is 2.51. The number of carbonyl (C=O) groups excluding carboxylic acids is 2. The van der Waals surface area contributed by atoms with E-state index >= 15 is 0 Å². The zero-order chi connectivity index (χ0) is 15.5. The summed E-state index contributed by atoms with van der Waals surface area (Å²) in [6.45, 7) is 2.31. The van der Waals surface area contributed by atoms with Crippen molar-refractivity contribution in [1.82, 2.24) is 9.80 Å². The van der Waals surface area contributed by atoms with Gasteiger partial charge in [0.15, 0.2) is 0 Å². The Bertz CT molecular complexity index is 543. The van der Waals surface area contributed by atoms with E-state index in [0.29, 0.717) is 26.2 Å². The molecule has 118 valence electrons. The van der Waals surface area contributed by atoms with Crippen molar-refractivity contribution in [3.63, 3.8) is 0 Å². The van der Waals surface area contributed by atoms with Gasteiger partial charge >= 0.3 is 6.03 Å². The molecule has 2 aliphatic rings. The van der Waals surface area contributed by atoms with Crippen LogP contribution in [0.4, 0.5) is 4.79 Å². The Hall–Kier alpha value is -2.24. The number of likely N-dealkylation sites (tertiary alicyclic amines) is 2. The minimum atomic E-state index is -0.439. The second-order valence-electron chi connectivity index (χ2n) is 5.92. The number of urea groups is 1. The molecule has 0 aromatic heterocycles. The van der Waals surface area contributed by atoms with Gasteiger partial charge in [-0.3, -0.25) is 4.79 Å². The van der Waals surface area contributed by atoms with Crippen LogP contribution in [-0.4, -0.2) is 54.0 Å². The molecule has 3 rings (SSSR count). The fourth-order valence-electron chi connectivity index (χ4n) is 3.02. The van der Waals surface area contributed by atoms with Crippen molar-refractivity contribution in [2.75, 3.05) is 26.2 Å². The number of primary amides is 1. The normalized spacial score (nSPS) is 22.1. The SMILES string of the molecule is NC(=O)N1CCCC(C(=O)N2CC(Oc3ccccc3)C2)C1. The van der Waals surface area contributed by atoms with Gasteiger partial charge in [-0.1, -0.05) is 18.2 Å². The molecule has 3 amide bonds. The lowest BCUT2D eigenvalue weighted by Crippen LogP contribution is -2.59. The van der Waals surface area contributed by atoms with Gasteiger partial charge in [0.1, 0.15) is 11.9 Å². The van der Waals surface area contributed by atoms with Crippen LogP contribution in [0.3, 0.4) is 0 Å². The number of amides is 3. The summed E-state index contributed by atoms with van der Waals surface area (Å²) in [5, 5.41) is 0. The van der Waals surface area contributed by atoms with Gasteiger partial charge in [-0.05, 0) is 25.0 Å². The maximum absolute atomic E-state index is 12.4. The number of para-hydroxylation sites is 1. The van der Waals surface area contributed by atoms with Crippen molar-refractivity contribution in [2.45, 2.75) is 18.9 Å². The van der Waals surface area contributed by atoms with E-state index in [1.54, 1.807) is 4.90 Å². The Balaban J connectivity index is 1.48. The molecule has 0 saturated carbocycles. The maximum Gasteiger partial charge on any atom is 0.314 e. The van der Waals surface area contributed by atoms with Crippen LogP contribution in [0.5, 0.6) is 5.75 Å². The van der Waals surface area contributed by atoms with Crippen LogP contribution >= 0.6 is 0 Å². The zero-order valence-electron chi connectivity index (χ0n) is 12.5. The summed E-state index contributed by atoms with van der Waals surface area (Å²) in [4.78, 5) is 27.0. The molecule has 22 heavy (non-hydrogen) atoms. The van der Waals surface area contributed by atoms with Gasteiger partial charge in [0.2, 0.25) is 5.91 Å². The van der Waals surface area contributed by atoms with E-state index in [-0.39, 0.29) is 17.9 Å². The Morgan fingerprint density at radius 2 is 1.82 bits per heavy atom. The van der Waals surface area contributed by atoms with E-state index in [0.717, 1.165) is 18.6 Å². The van der Waals surface area contributed by atoms with E-state index in [1.165, 1.54) is 0 Å². The van der Waals surface area contributed by atoms with Gasteiger partial charge in [-0.2, -0.15) is 0 Å². The predicted molar refractivity (Wildman–Crippen MR) is 81.3 cm³/mol. The van der Waals surface area contributed by atoms with Gasteiger partial charge in [0.05, 0.1) is 19.0 Å². The van der Waals surface area contributed by atoms with E-state index in [4.69, 9.17) is 10.5 Å². The molecule has 1 aromatic carbocycles. The number of nitrogens with two attached hydrogens (primary N) is 1. The van der Waals surface area contributed by atoms with Crippen molar-refractivity contribution in [2.24, 2.45) is 11.7 Å². The highest BCUT2D eigenvalue weighted by molar-refractivity contribution is 5.81. The number of rotatable bonds is 3. The second-order valence-corrected chi connectivity index (χ2v) is 5.92. The predicted octanol–water partition coefficient (Wildman–Crippen LogP) is 1.07. The molecule has 2 saturated heterocycles. The summed E-state index contributed by atoms with van der Waals surface area (Å²) in [5.41, 5.74) is 5.30. The van der Waals surface area contributed by atoms with Crippen LogP contribution in [0, 0.1) is 5.92 Å². The summed E-state index contributed by atoms with van der Waals surface area (Å²) < 4.78 is 5.80. The highest BCUT2D eigenvalue weighted by atomic mass is 16.5. The van der Waals surface area contributed by atoms with Crippen molar-refractivity contribution in [3.05, 3.63) is 30.3 Å². The average molecular weight is 303 g/mol. The van der Waals surface area contributed by atoms with Crippen molar-refractivity contribution < 1.29 is 14.3 Å². The summed E-state index contributed by atoms with van der Waals surface area (Å²) >= 11 is 0. The largest absolute Gasteiger partial charge is 0.487 e. The number of carbonyl (C=O) groups is 2. The van der Waals surface area contributed by atoms with Crippen LogP contribution in [-0.2, 0) is 4.79 Å². The Morgan fingerprint density at radius 3 is 2.50 bits per heavy atom. The first-order chi connectivity index (χ1) is 10.6. The molecule has 2 aliphatic heterocycles. The van der Waals surface area contributed by atoms with Crippen molar-refractivity contribution >= 4 is 11.9 Å². The molecule has 6 heteroatoms.